The number of allylic oxidation sites excluding steroid dienone is 12. The molecule has 17 nitrogen and oxygen atoms in total. The standard InChI is InChI=1S/C85H154O17P2/c1-5-9-13-17-21-25-29-33-37-39-43-47-51-55-59-63-67-71-84(89)101-80(75-95-82(87)69-65-61-57-53-49-45-41-35-31-27-23-19-15-11-7-3)77-99-103(91,92)97-73-79(86)74-98-104(93,94)100-78-81(76-96-83(88)70-66-62-58-54-50-46-42-36-32-28-24-20-16-12-8-4)102-85(90)72-68-64-60-56-52-48-44-40-38-34-30-26-22-18-14-10-6-2/h21,24-25,28,33,36-37,42-43,47,55,59,79-81,86H,5-20,22-23,26-27,29-32,34-35,38-41,44-46,48-54,56-58,60-78H2,1-4H3,(H,91,92)(H,93,94)/b25-21-,28-24-,37-33-,42-36-,47-43-,59-55-/t79-,80+,81+/m0/s1. The molecule has 19 heteroatoms. The smallest absolute Gasteiger partial charge is 0.462 e. The number of aliphatic hydroxyl groups excluding tert-OH is 1. The Bertz CT molecular complexity index is 2250. The van der Waals surface area contributed by atoms with Crippen LogP contribution >= 0.6 is 15.6 Å². The summed E-state index contributed by atoms with van der Waals surface area (Å²) in [6, 6.07) is 0. The molecule has 0 aromatic carbocycles. The monoisotopic (exact) mass is 1510 g/mol. The van der Waals surface area contributed by atoms with Crippen LogP contribution in [0.4, 0.5) is 0 Å². The van der Waals surface area contributed by atoms with E-state index in [1.807, 2.05) is 12.2 Å². The largest absolute Gasteiger partial charge is 0.472 e. The van der Waals surface area contributed by atoms with Crippen molar-refractivity contribution in [2.45, 2.75) is 406 Å². The summed E-state index contributed by atoms with van der Waals surface area (Å²) >= 11 is 0. The zero-order chi connectivity index (χ0) is 76.0. The number of esters is 4. The molecule has 0 fully saturated rings. The number of carbonyl (C=O) groups is 4. The lowest BCUT2D eigenvalue weighted by molar-refractivity contribution is -0.161. The van der Waals surface area contributed by atoms with Gasteiger partial charge in [0, 0.05) is 25.7 Å². The molecule has 5 atom stereocenters. The van der Waals surface area contributed by atoms with Crippen molar-refractivity contribution in [2.75, 3.05) is 39.6 Å². The average molecular weight is 1510 g/mol. The third kappa shape index (κ3) is 76.7. The Morgan fingerprint density at radius 3 is 0.779 bits per heavy atom. The molecule has 0 bridgehead atoms. The molecule has 0 radical (unpaired) electrons. The predicted octanol–water partition coefficient (Wildman–Crippen LogP) is 24.8. The van der Waals surface area contributed by atoms with E-state index in [0.29, 0.717) is 32.1 Å². The van der Waals surface area contributed by atoms with Crippen LogP contribution in [0.5, 0.6) is 0 Å². The summed E-state index contributed by atoms with van der Waals surface area (Å²) in [6.45, 7) is 4.84. The summed E-state index contributed by atoms with van der Waals surface area (Å²) in [7, 11) is -9.97. The van der Waals surface area contributed by atoms with Gasteiger partial charge in [0.2, 0.25) is 0 Å². The minimum Gasteiger partial charge on any atom is -0.462 e. The molecular formula is C85H154O17P2. The summed E-state index contributed by atoms with van der Waals surface area (Å²) in [4.78, 5) is 73.1. The van der Waals surface area contributed by atoms with Gasteiger partial charge in [-0.2, -0.15) is 0 Å². The van der Waals surface area contributed by atoms with Crippen molar-refractivity contribution in [1.82, 2.24) is 0 Å². The van der Waals surface area contributed by atoms with Gasteiger partial charge in [0.15, 0.2) is 12.2 Å². The van der Waals surface area contributed by atoms with Crippen LogP contribution in [0.15, 0.2) is 72.9 Å². The van der Waals surface area contributed by atoms with Gasteiger partial charge in [-0.3, -0.25) is 37.3 Å². The Hall–Kier alpha value is -3.50. The molecule has 606 valence electrons. The molecule has 0 aliphatic heterocycles. The third-order valence-corrected chi connectivity index (χ3v) is 20.1. The maximum atomic E-state index is 13.1. The SMILES string of the molecule is CCCCC/C=C\C/C=C\C/C=C\C/C=C\CCCC(=O)O[C@H](COC(=O)CCCCCCCCCCCCCCCCC)COP(=O)(O)OC[C@H](O)COP(=O)(O)OC[C@@H](COC(=O)CCCCCCC/C=C\C/C=C\CCCCC)OC(=O)CCCCCCCCCCCCCCCCCCC. The Morgan fingerprint density at radius 1 is 0.269 bits per heavy atom. The topological polar surface area (TPSA) is 237 Å². The Labute approximate surface area is 634 Å². The van der Waals surface area contributed by atoms with E-state index < -0.39 is 97.5 Å². The van der Waals surface area contributed by atoms with Crippen molar-refractivity contribution < 1.29 is 80.2 Å². The van der Waals surface area contributed by atoms with Crippen LogP contribution in [-0.4, -0.2) is 96.7 Å². The second kappa shape index (κ2) is 77.7. The van der Waals surface area contributed by atoms with E-state index in [0.717, 1.165) is 116 Å². The molecule has 0 amide bonds. The van der Waals surface area contributed by atoms with Gasteiger partial charge in [-0.25, -0.2) is 9.13 Å². The van der Waals surface area contributed by atoms with E-state index in [-0.39, 0.29) is 25.7 Å². The van der Waals surface area contributed by atoms with Crippen molar-refractivity contribution in [3.05, 3.63) is 72.9 Å². The van der Waals surface area contributed by atoms with Crippen LogP contribution in [0.3, 0.4) is 0 Å². The number of carbonyl (C=O) groups excluding carboxylic acids is 4. The minimum atomic E-state index is -4.99. The normalized spacial score (nSPS) is 14.2. The highest BCUT2D eigenvalue weighted by atomic mass is 31.2. The fraction of sp³-hybridized carbons (Fsp3) is 0.812. The molecule has 104 heavy (non-hydrogen) atoms. The van der Waals surface area contributed by atoms with E-state index in [1.165, 1.54) is 186 Å². The zero-order valence-electron chi connectivity index (χ0n) is 66.5. The fourth-order valence-electron chi connectivity index (χ4n) is 11.7. The first kappa shape index (κ1) is 100. The van der Waals surface area contributed by atoms with Crippen molar-refractivity contribution in [3.63, 3.8) is 0 Å². The number of unbranched alkanes of at least 4 members (excludes halogenated alkanes) is 42. The van der Waals surface area contributed by atoms with E-state index in [1.54, 1.807) is 0 Å². The van der Waals surface area contributed by atoms with Crippen LogP contribution in [0.1, 0.15) is 387 Å². The molecule has 0 aromatic rings. The second-order valence-electron chi connectivity index (χ2n) is 28.4. The lowest BCUT2D eigenvalue weighted by atomic mass is 10.0. The fourth-order valence-corrected chi connectivity index (χ4v) is 13.3. The minimum absolute atomic E-state index is 0.0234. The highest BCUT2D eigenvalue weighted by Gasteiger charge is 2.30. The number of phosphoric acid groups is 2. The van der Waals surface area contributed by atoms with E-state index >= 15 is 0 Å². The summed E-state index contributed by atoms with van der Waals surface area (Å²) in [6.07, 6.45) is 80.1. The lowest BCUT2D eigenvalue weighted by Crippen LogP contribution is -2.30. The highest BCUT2D eigenvalue weighted by Crippen LogP contribution is 2.45. The van der Waals surface area contributed by atoms with E-state index in [2.05, 4.69) is 88.5 Å². The maximum Gasteiger partial charge on any atom is 0.472 e. The number of phosphoric ester groups is 2. The first-order chi connectivity index (χ1) is 50.7. The molecule has 0 heterocycles. The summed E-state index contributed by atoms with van der Waals surface area (Å²) < 4.78 is 68.7. The van der Waals surface area contributed by atoms with E-state index in [4.69, 9.17) is 37.0 Å². The third-order valence-electron chi connectivity index (χ3n) is 18.2. The van der Waals surface area contributed by atoms with Crippen LogP contribution in [0, 0.1) is 0 Å². The predicted molar refractivity (Wildman–Crippen MR) is 427 cm³/mol. The van der Waals surface area contributed by atoms with Gasteiger partial charge in [0.25, 0.3) is 0 Å². The Kier molecular flexibility index (Phi) is 75.0. The maximum absolute atomic E-state index is 13.1. The van der Waals surface area contributed by atoms with Crippen molar-refractivity contribution in [2.24, 2.45) is 0 Å². The van der Waals surface area contributed by atoms with Gasteiger partial charge in [-0.05, 0) is 96.3 Å². The first-order valence-electron chi connectivity index (χ1n) is 42.2. The van der Waals surface area contributed by atoms with Gasteiger partial charge >= 0.3 is 39.5 Å². The highest BCUT2D eigenvalue weighted by molar-refractivity contribution is 7.47. The quantitative estimate of drug-likeness (QED) is 0.0169. The molecular weight excluding hydrogens is 1350 g/mol. The van der Waals surface area contributed by atoms with Crippen molar-refractivity contribution in [1.29, 1.82) is 0 Å². The van der Waals surface area contributed by atoms with Crippen LogP contribution in [0.2, 0.25) is 0 Å². The van der Waals surface area contributed by atoms with Crippen molar-refractivity contribution >= 4 is 39.5 Å². The number of rotatable bonds is 80. The molecule has 2 unspecified atom stereocenters. The van der Waals surface area contributed by atoms with E-state index in [9.17, 15) is 43.2 Å². The van der Waals surface area contributed by atoms with Gasteiger partial charge in [0.1, 0.15) is 19.3 Å². The van der Waals surface area contributed by atoms with Gasteiger partial charge in [-0.15, -0.1) is 0 Å². The molecule has 0 aliphatic carbocycles. The zero-order valence-corrected chi connectivity index (χ0v) is 68.2. The molecule has 0 aromatic heterocycles. The number of aliphatic hydroxyl groups is 1. The summed E-state index contributed by atoms with van der Waals surface area (Å²) in [5.41, 5.74) is 0. The molecule has 0 saturated carbocycles. The van der Waals surface area contributed by atoms with Crippen LogP contribution in [0.25, 0.3) is 0 Å². The Morgan fingerprint density at radius 2 is 0.481 bits per heavy atom. The van der Waals surface area contributed by atoms with Gasteiger partial charge < -0.3 is 33.8 Å². The van der Waals surface area contributed by atoms with Crippen LogP contribution in [-0.2, 0) is 65.4 Å². The molecule has 3 N–H and O–H groups in total. The Balaban J connectivity index is 5.39. The summed E-state index contributed by atoms with van der Waals surface area (Å²) in [5.74, 6) is -2.22. The molecule has 0 aliphatic rings. The number of ether oxygens (including phenoxy) is 4. The number of hydrogen-bond donors (Lipinski definition) is 3. The van der Waals surface area contributed by atoms with Gasteiger partial charge in [-0.1, -0.05) is 338 Å². The van der Waals surface area contributed by atoms with Gasteiger partial charge in [0.05, 0.1) is 26.4 Å². The molecule has 0 spiro atoms. The first-order valence-corrected chi connectivity index (χ1v) is 45.2. The average Bonchev–Trinajstić information content (AvgIpc) is 0.907. The number of hydrogen-bond acceptors (Lipinski definition) is 15. The molecule has 0 saturated heterocycles. The van der Waals surface area contributed by atoms with Crippen molar-refractivity contribution in [3.8, 4) is 0 Å². The summed E-state index contributed by atoms with van der Waals surface area (Å²) in [5, 5.41) is 10.7. The van der Waals surface area contributed by atoms with Crippen LogP contribution < -0.4 is 0 Å². The lowest BCUT2D eigenvalue weighted by Gasteiger charge is -2.21. The molecule has 0 rings (SSSR count). The second-order valence-corrected chi connectivity index (χ2v) is 31.3.